The number of aromatic nitrogens is 2. The molecule has 134 valence electrons. The van der Waals surface area contributed by atoms with Crippen LogP contribution in [0.3, 0.4) is 0 Å². The molecule has 0 unspecified atom stereocenters. The molecule has 0 spiro atoms. The highest BCUT2D eigenvalue weighted by Gasteiger charge is 2.30. The first kappa shape index (κ1) is 17.8. The van der Waals surface area contributed by atoms with E-state index in [9.17, 15) is 8.42 Å². The molecule has 0 N–H and O–H groups in total. The second-order valence-corrected chi connectivity index (χ2v) is 8.10. The molecule has 6 nitrogen and oxygen atoms in total. The molecule has 7 heteroatoms. The third kappa shape index (κ3) is 4.35. The molecule has 3 rings (SSSR count). The predicted molar refractivity (Wildman–Crippen MR) is 94.9 cm³/mol. The van der Waals surface area contributed by atoms with Crippen LogP contribution in [-0.4, -0.2) is 41.9 Å². The fraction of sp³-hybridized carbons (Fsp3) is 0.444. The molecule has 0 saturated carbocycles. The molecule has 0 amide bonds. The molecule has 0 aliphatic carbocycles. The van der Waals surface area contributed by atoms with E-state index in [4.69, 9.17) is 4.74 Å². The summed E-state index contributed by atoms with van der Waals surface area (Å²) in [6, 6.07) is 7.23. The molecule has 0 bridgehead atoms. The van der Waals surface area contributed by atoms with Crippen molar-refractivity contribution in [2.45, 2.75) is 43.6 Å². The van der Waals surface area contributed by atoms with Crippen LogP contribution in [0.5, 0.6) is 5.88 Å². The number of rotatable bonds is 6. The van der Waals surface area contributed by atoms with E-state index in [1.165, 1.54) is 0 Å². The molecular weight excluding hydrogens is 338 g/mol. The average Bonchev–Trinajstić information content (AvgIpc) is 2.64. The zero-order chi connectivity index (χ0) is 17.7. The van der Waals surface area contributed by atoms with E-state index in [1.807, 2.05) is 12.1 Å². The molecule has 25 heavy (non-hydrogen) atoms. The van der Waals surface area contributed by atoms with Crippen LogP contribution < -0.4 is 4.74 Å². The van der Waals surface area contributed by atoms with Crippen LogP contribution in [0.25, 0.3) is 0 Å². The highest BCUT2D eigenvalue weighted by atomic mass is 32.2. The molecule has 1 fully saturated rings. The predicted octanol–water partition coefficient (Wildman–Crippen LogP) is 2.66. The lowest BCUT2D eigenvalue weighted by atomic mass is 10.1. The van der Waals surface area contributed by atoms with Gasteiger partial charge in [-0.2, -0.15) is 4.31 Å². The summed E-state index contributed by atoms with van der Waals surface area (Å²) < 4.78 is 32.9. The number of sulfonamides is 1. The maximum atomic E-state index is 12.8. The Balaban J connectivity index is 1.61. The average molecular weight is 361 g/mol. The van der Waals surface area contributed by atoms with E-state index in [2.05, 4.69) is 16.9 Å². The van der Waals surface area contributed by atoms with Crippen LogP contribution in [0, 0.1) is 0 Å². The summed E-state index contributed by atoms with van der Waals surface area (Å²) in [5.74, 6) is 0.482. The van der Waals surface area contributed by atoms with Crippen LogP contribution in [0.15, 0.2) is 47.8 Å². The second-order valence-electron chi connectivity index (χ2n) is 6.16. The summed E-state index contributed by atoms with van der Waals surface area (Å²) >= 11 is 0. The van der Waals surface area contributed by atoms with Gasteiger partial charge in [0.2, 0.25) is 15.9 Å². The molecular formula is C18H23N3O3S. The van der Waals surface area contributed by atoms with Crippen LogP contribution in [-0.2, 0) is 16.4 Å². The van der Waals surface area contributed by atoms with Crippen molar-refractivity contribution in [1.82, 2.24) is 14.3 Å². The Hall–Kier alpha value is -1.99. The summed E-state index contributed by atoms with van der Waals surface area (Å²) in [5.41, 5.74) is 1.16. The van der Waals surface area contributed by atoms with Gasteiger partial charge >= 0.3 is 0 Å². The van der Waals surface area contributed by atoms with Crippen molar-refractivity contribution < 1.29 is 13.2 Å². The van der Waals surface area contributed by atoms with Crippen LogP contribution in [0.1, 0.15) is 31.7 Å². The van der Waals surface area contributed by atoms with E-state index in [1.54, 1.807) is 35.0 Å². The van der Waals surface area contributed by atoms with Crippen LogP contribution >= 0.6 is 0 Å². The quantitative estimate of drug-likeness (QED) is 0.791. The number of aryl methyl sites for hydroxylation is 1. The van der Waals surface area contributed by atoms with Crippen molar-refractivity contribution in [2.24, 2.45) is 0 Å². The summed E-state index contributed by atoms with van der Waals surface area (Å²) in [4.78, 5) is 8.43. The lowest BCUT2D eigenvalue weighted by molar-refractivity contribution is 0.129. The van der Waals surface area contributed by atoms with Gasteiger partial charge in [-0.15, -0.1) is 0 Å². The molecule has 1 aromatic heterocycles. The Morgan fingerprint density at radius 2 is 1.88 bits per heavy atom. The van der Waals surface area contributed by atoms with E-state index < -0.39 is 10.0 Å². The first-order chi connectivity index (χ1) is 12.1. The Morgan fingerprint density at radius 1 is 1.16 bits per heavy atom. The van der Waals surface area contributed by atoms with E-state index in [0.29, 0.717) is 36.7 Å². The highest BCUT2D eigenvalue weighted by molar-refractivity contribution is 7.89. The standard InChI is InChI=1S/C18H23N3O3S/c1-2-3-15-4-6-17(7-5-15)25(22,23)21-12-8-16(9-13-21)24-18-14-19-10-11-20-18/h4-7,10-11,14,16H,2-3,8-9,12-13H2,1H3. The van der Waals surface area contributed by atoms with Crippen molar-refractivity contribution in [1.29, 1.82) is 0 Å². The van der Waals surface area contributed by atoms with Gasteiger partial charge in [0, 0.05) is 25.5 Å². The van der Waals surface area contributed by atoms with Crippen molar-refractivity contribution >= 4 is 10.0 Å². The van der Waals surface area contributed by atoms with Gasteiger partial charge < -0.3 is 4.74 Å². The first-order valence-corrected chi connectivity index (χ1v) is 10.1. The van der Waals surface area contributed by atoms with Crippen molar-refractivity contribution in [3.63, 3.8) is 0 Å². The van der Waals surface area contributed by atoms with Crippen molar-refractivity contribution in [3.05, 3.63) is 48.4 Å². The fourth-order valence-corrected chi connectivity index (χ4v) is 4.44. The van der Waals surface area contributed by atoms with Gasteiger partial charge in [-0.3, -0.25) is 4.98 Å². The monoisotopic (exact) mass is 361 g/mol. The minimum atomic E-state index is -3.44. The topological polar surface area (TPSA) is 72.4 Å². The van der Waals surface area contributed by atoms with Gasteiger partial charge in [0.1, 0.15) is 6.10 Å². The van der Waals surface area contributed by atoms with Crippen molar-refractivity contribution in [2.75, 3.05) is 13.1 Å². The van der Waals surface area contributed by atoms with Crippen molar-refractivity contribution in [3.8, 4) is 5.88 Å². The Bertz CT molecular complexity index is 771. The molecule has 2 aromatic rings. The minimum absolute atomic E-state index is 0.0323. The molecule has 1 aliphatic heterocycles. The second kappa shape index (κ2) is 7.93. The maximum absolute atomic E-state index is 12.8. The van der Waals surface area contributed by atoms with E-state index >= 15 is 0 Å². The Labute approximate surface area is 148 Å². The molecule has 0 radical (unpaired) electrons. The van der Waals surface area contributed by atoms with Gasteiger partial charge in [0.05, 0.1) is 11.1 Å². The number of piperidine rings is 1. The normalized spacial score (nSPS) is 16.7. The largest absolute Gasteiger partial charge is 0.473 e. The van der Waals surface area contributed by atoms with E-state index in [0.717, 1.165) is 18.4 Å². The van der Waals surface area contributed by atoms with Crippen LogP contribution in [0.4, 0.5) is 0 Å². The highest BCUT2D eigenvalue weighted by Crippen LogP contribution is 2.23. The number of nitrogens with zero attached hydrogens (tertiary/aromatic N) is 3. The van der Waals surface area contributed by atoms with Gasteiger partial charge in [0.15, 0.2) is 0 Å². The Morgan fingerprint density at radius 3 is 2.48 bits per heavy atom. The lowest BCUT2D eigenvalue weighted by Gasteiger charge is -2.31. The summed E-state index contributed by atoms with van der Waals surface area (Å²) in [6.07, 6.45) is 8.01. The number of benzene rings is 1. The summed E-state index contributed by atoms with van der Waals surface area (Å²) in [5, 5.41) is 0. The van der Waals surface area contributed by atoms with Gasteiger partial charge in [-0.1, -0.05) is 25.5 Å². The third-order valence-electron chi connectivity index (χ3n) is 4.33. The fourth-order valence-electron chi connectivity index (χ4n) is 2.97. The zero-order valence-electron chi connectivity index (χ0n) is 14.3. The molecule has 0 atom stereocenters. The maximum Gasteiger partial charge on any atom is 0.243 e. The summed E-state index contributed by atoms with van der Waals surface area (Å²) in [7, 11) is -3.44. The smallest absolute Gasteiger partial charge is 0.243 e. The van der Waals surface area contributed by atoms with E-state index in [-0.39, 0.29) is 6.10 Å². The molecule has 1 aromatic carbocycles. The van der Waals surface area contributed by atoms with Gasteiger partial charge in [-0.25, -0.2) is 13.4 Å². The molecule has 1 aliphatic rings. The number of hydrogen-bond acceptors (Lipinski definition) is 5. The number of ether oxygens (including phenoxy) is 1. The van der Waals surface area contributed by atoms with Crippen LogP contribution in [0.2, 0.25) is 0 Å². The Kier molecular flexibility index (Phi) is 5.65. The number of hydrogen-bond donors (Lipinski definition) is 0. The van der Waals surface area contributed by atoms with Gasteiger partial charge in [-0.05, 0) is 37.0 Å². The lowest BCUT2D eigenvalue weighted by Crippen LogP contribution is -2.41. The molecule has 1 saturated heterocycles. The first-order valence-electron chi connectivity index (χ1n) is 8.61. The third-order valence-corrected chi connectivity index (χ3v) is 6.24. The summed E-state index contributed by atoms with van der Waals surface area (Å²) in [6.45, 7) is 3.01. The minimum Gasteiger partial charge on any atom is -0.473 e. The molecule has 2 heterocycles. The van der Waals surface area contributed by atoms with Gasteiger partial charge in [0.25, 0.3) is 0 Å². The zero-order valence-corrected chi connectivity index (χ0v) is 15.2. The SMILES string of the molecule is CCCc1ccc(S(=O)(=O)N2CCC(Oc3cnccn3)CC2)cc1.